The highest BCUT2D eigenvalue weighted by atomic mass is 35.5. The van der Waals surface area contributed by atoms with Gasteiger partial charge in [0.2, 0.25) is 17.7 Å². The largest absolute Gasteiger partial charge is 0.478 e. The van der Waals surface area contributed by atoms with Gasteiger partial charge < -0.3 is 14.5 Å². The molecular weight excluding hydrogens is 539 g/mol. The lowest BCUT2D eigenvalue weighted by atomic mass is 9.82. The summed E-state index contributed by atoms with van der Waals surface area (Å²) in [6.45, 7) is 2.72. The van der Waals surface area contributed by atoms with Gasteiger partial charge in [-0.3, -0.25) is 14.4 Å². The number of hydrogen-bond acceptors (Lipinski definition) is 6. The second-order valence-electron chi connectivity index (χ2n) is 10.7. The number of piperidine rings is 1. The monoisotopic (exact) mass is 568 g/mol. The Balaban J connectivity index is 1.21. The van der Waals surface area contributed by atoms with Gasteiger partial charge in [-0.2, -0.15) is 5.26 Å². The fraction of sp³-hybridized carbons (Fsp3) is 0.483. The number of pyridine rings is 1. The lowest BCUT2D eigenvalue weighted by molar-refractivity contribution is -0.147. The van der Waals surface area contributed by atoms with E-state index in [-0.39, 0.29) is 41.3 Å². The molecule has 3 aliphatic rings. The van der Waals surface area contributed by atoms with Gasteiger partial charge >= 0.3 is 0 Å². The zero-order valence-corrected chi connectivity index (χ0v) is 23.0. The Labute approximate surface area is 237 Å². The van der Waals surface area contributed by atoms with Crippen molar-refractivity contribution in [1.82, 2.24) is 14.8 Å². The van der Waals surface area contributed by atoms with E-state index in [1.54, 1.807) is 18.2 Å². The van der Waals surface area contributed by atoms with Crippen LogP contribution in [0.25, 0.3) is 0 Å². The Bertz CT molecular complexity index is 1280. The Morgan fingerprint density at radius 1 is 1.00 bits per heavy atom. The van der Waals surface area contributed by atoms with Crippen molar-refractivity contribution in [1.29, 1.82) is 5.26 Å². The van der Waals surface area contributed by atoms with Gasteiger partial charge in [-0.05, 0) is 48.9 Å². The van der Waals surface area contributed by atoms with Gasteiger partial charge in [0.25, 0.3) is 0 Å². The van der Waals surface area contributed by atoms with E-state index in [1.165, 1.54) is 6.20 Å². The molecule has 39 heavy (non-hydrogen) atoms. The molecule has 1 aromatic heterocycles. The average Bonchev–Trinajstić information content (AvgIpc) is 3.36. The van der Waals surface area contributed by atoms with Gasteiger partial charge in [-0.25, -0.2) is 4.98 Å². The zero-order chi connectivity index (χ0) is 27.5. The number of ketones is 1. The molecule has 2 aromatic rings. The molecule has 0 spiro atoms. The van der Waals surface area contributed by atoms with Crippen molar-refractivity contribution in [3.05, 3.63) is 57.7 Å². The fourth-order valence-electron chi connectivity index (χ4n) is 5.84. The van der Waals surface area contributed by atoms with Crippen LogP contribution in [0.4, 0.5) is 0 Å². The normalized spacial score (nSPS) is 21.9. The molecule has 3 fully saturated rings. The summed E-state index contributed by atoms with van der Waals surface area (Å²) in [5.41, 5.74) is 1.51. The van der Waals surface area contributed by atoms with E-state index in [0.29, 0.717) is 86.4 Å². The van der Waals surface area contributed by atoms with Crippen LogP contribution in [-0.2, 0) is 14.4 Å². The molecular formula is C29H30Cl2N4O4. The molecule has 8 nitrogen and oxygen atoms in total. The minimum atomic E-state index is -0.169. The molecule has 2 aliphatic heterocycles. The number of likely N-dealkylation sites (tertiary alicyclic amines) is 2. The molecule has 0 bridgehead atoms. The maximum absolute atomic E-state index is 13.6. The minimum absolute atomic E-state index is 0.0539. The number of benzene rings is 1. The summed E-state index contributed by atoms with van der Waals surface area (Å²) in [6.07, 6.45) is 4.17. The predicted molar refractivity (Wildman–Crippen MR) is 145 cm³/mol. The number of ether oxygens (including phenoxy) is 1. The highest BCUT2D eigenvalue weighted by Gasteiger charge is 2.41. The Morgan fingerprint density at radius 3 is 2.38 bits per heavy atom. The highest BCUT2D eigenvalue weighted by Crippen LogP contribution is 2.38. The Kier molecular flexibility index (Phi) is 8.39. The van der Waals surface area contributed by atoms with Gasteiger partial charge in [0, 0.05) is 63.1 Å². The first-order chi connectivity index (χ1) is 18.8. The van der Waals surface area contributed by atoms with Crippen LogP contribution in [-0.4, -0.2) is 65.2 Å². The third kappa shape index (κ3) is 6.21. The van der Waals surface area contributed by atoms with Crippen molar-refractivity contribution < 1.29 is 19.1 Å². The fourth-order valence-corrected chi connectivity index (χ4v) is 6.15. The summed E-state index contributed by atoms with van der Waals surface area (Å²) in [5.74, 6) is 0.737. The first kappa shape index (κ1) is 27.4. The number of carbonyl (C=O) groups is 3. The number of aromatic nitrogens is 1. The molecule has 1 saturated carbocycles. The molecule has 2 saturated heterocycles. The quantitative estimate of drug-likeness (QED) is 0.487. The van der Waals surface area contributed by atoms with Gasteiger partial charge in [0.05, 0.1) is 28.1 Å². The van der Waals surface area contributed by atoms with Crippen molar-refractivity contribution in [3.8, 4) is 11.9 Å². The third-order valence-electron chi connectivity index (χ3n) is 8.18. The van der Waals surface area contributed by atoms with Crippen LogP contribution < -0.4 is 4.74 Å². The Hall–Kier alpha value is -3.15. The summed E-state index contributed by atoms with van der Waals surface area (Å²) >= 11 is 12.5. The molecule has 2 amide bonds. The molecule has 3 heterocycles. The minimum Gasteiger partial charge on any atom is -0.478 e. The van der Waals surface area contributed by atoms with E-state index in [0.717, 1.165) is 5.56 Å². The standard InChI is InChI=1S/C29H30Cl2N4O4/c30-25-3-2-20(13-26(25)31)24-17-35(16-21(24)7-10-39-27-4-1-18(14-32)15-33-27)28(37)19-5-8-34(9-6-19)29(38)22-11-23(36)12-22/h1-4,13,15,19,21-22,24H,5-12,16-17H2. The van der Waals surface area contributed by atoms with E-state index in [4.69, 9.17) is 33.2 Å². The number of nitrogens with zero attached hydrogens (tertiary/aromatic N) is 4. The maximum atomic E-state index is 13.6. The second kappa shape index (κ2) is 11.9. The van der Waals surface area contributed by atoms with Gasteiger partial charge in [-0.1, -0.05) is 29.3 Å². The highest BCUT2D eigenvalue weighted by molar-refractivity contribution is 6.42. The lowest BCUT2D eigenvalue weighted by Gasteiger charge is -2.36. The molecule has 0 N–H and O–H groups in total. The van der Waals surface area contributed by atoms with Crippen molar-refractivity contribution in [3.63, 3.8) is 0 Å². The van der Waals surface area contributed by atoms with Crippen LogP contribution in [0.5, 0.6) is 5.88 Å². The molecule has 0 radical (unpaired) electrons. The van der Waals surface area contributed by atoms with E-state index in [1.807, 2.05) is 28.0 Å². The lowest BCUT2D eigenvalue weighted by Crippen LogP contribution is -2.48. The van der Waals surface area contributed by atoms with Gasteiger partial charge in [0.15, 0.2) is 0 Å². The van der Waals surface area contributed by atoms with Crippen LogP contribution in [0.1, 0.15) is 49.1 Å². The van der Waals surface area contributed by atoms with Crippen molar-refractivity contribution in [2.24, 2.45) is 17.8 Å². The summed E-state index contributed by atoms with van der Waals surface area (Å²) in [7, 11) is 0. The van der Waals surface area contributed by atoms with Crippen LogP contribution in [0.2, 0.25) is 10.0 Å². The summed E-state index contributed by atoms with van der Waals surface area (Å²) in [6, 6.07) is 11.0. The number of Topliss-reactive ketones (excluding diaryl/α,β-unsaturated/α-hetero) is 1. The van der Waals surface area contributed by atoms with Crippen LogP contribution in [0.15, 0.2) is 36.5 Å². The first-order valence-corrected chi connectivity index (χ1v) is 14.1. The van der Waals surface area contributed by atoms with Crippen LogP contribution >= 0.6 is 23.2 Å². The Morgan fingerprint density at radius 2 is 1.74 bits per heavy atom. The topological polar surface area (TPSA) is 104 Å². The number of rotatable bonds is 7. The molecule has 204 valence electrons. The smallest absolute Gasteiger partial charge is 0.226 e. The molecule has 1 aromatic carbocycles. The molecule has 10 heteroatoms. The van der Waals surface area contributed by atoms with Crippen LogP contribution in [0.3, 0.4) is 0 Å². The van der Waals surface area contributed by atoms with E-state index in [9.17, 15) is 14.4 Å². The molecule has 2 atom stereocenters. The number of hydrogen-bond donors (Lipinski definition) is 0. The number of carbonyl (C=O) groups excluding carboxylic acids is 3. The van der Waals surface area contributed by atoms with Gasteiger partial charge in [-0.15, -0.1) is 0 Å². The van der Waals surface area contributed by atoms with E-state index >= 15 is 0 Å². The van der Waals surface area contributed by atoms with Crippen molar-refractivity contribution >= 4 is 40.8 Å². The average molecular weight is 569 g/mol. The summed E-state index contributed by atoms with van der Waals surface area (Å²) < 4.78 is 5.85. The van der Waals surface area contributed by atoms with Crippen molar-refractivity contribution in [2.75, 3.05) is 32.8 Å². The van der Waals surface area contributed by atoms with Gasteiger partial charge in [0.1, 0.15) is 11.9 Å². The third-order valence-corrected chi connectivity index (χ3v) is 8.92. The second-order valence-corrected chi connectivity index (χ2v) is 11.5. The van der Waals surface area contributed by atoms with E-state index < -0.39 is 0 Å². The SMILES string of the molecule is N#Cc1ccc(OCCC2CN(C(=O)C3CCN(C(=O)C4CC(=O)C4)CC3)CC2c2ccc(Cl)c(Cl)c2)nc1. The number of amides is 2. The first-order valence-electron chi connectivity index (χ1n) is 13.4. The predicted octanol–water partition coefficient (Wildman–Crippen LogP) is 4.49. The summed E-state index contributed by atoms with van der Waals surface area (Å²) in [4.78, 5) is 45.4. The summed E-state index contributed by atoms with van der Waals surface area (Å²) in [5, 5.41) is 9.94. The number of halogens is 2. The zero-order valence-electron chi connectivity index (χ0n) is 21.5. The molecule has 2 unspecified atom stereocenters. The van der Waals surface area contributed by atoms with E-state index in [2.05, 4.69) is 4.98 Å². The maximum Gasteiger partial charge on any atom is 0.226 e. The van der Waals surface area contributed by atoms with Crippen molar-refractivity contribution in [2.45, 2.75) is 38.0 Å². The van der Waals surface area contributed by atoms with Crippen LogP contribution in [0, 0.1) is 29.1 Å². The molecule has 5 rings (SSSR count). The molecule has 1 aliphatic carbocycles. The number of nitriles is 1.